The first-order valence-corrected chi connectivity index (χ1v) is 6.49. The molecule has 0 aliphatic carbocycles. The molecule has 6 heteroatoms. The Labute approximate surface area is 116 Å². The van der Waals surface area contributed by atoms with Gasteiger partial charge in [0.15, 0.2) is 11.0 Å². The molecule has 0 radical (unpaired) electrons. The second-order valence-corrected chi connectivity index (χ2v) is 4.59. The van der Waals surface area contributed by atoms with Gasteiger partial charge in [0.25, 0.3) is 0 Å². The Hall–Kier alpha value is -1.88. The molecule has 19 heavy (non-hydrogen) atoms. The Morgan fingerprint density at radius 1 is 1.21 bits per heavy atom. The fraction of sp³-hybridized carbons (Fsp3) is 0.308. The molecule has 0 atom stereocenters. The van der Waals surface area contributed by atoms with Gasteiger partial charge in [0.05, 0.1) is 0 Å². The molecule has 0 spiro atoms. The summed E-state index contributed by atoms with van der Waals surface area (Å²) in [5.74, 6) is 0.441. The first kappa shape index (κ1) is 13.5. The number of hydrogen-bond donors (Lipinski definition) is 2. The van der Waals surface area contributed by atoms with E-state index < -0.39 is 0 Å². The van der Waals surface area contributed by atoms with Crippen LogP contribution in [0.4, 0.5) is 5.82 Å². The normalized spacial score (nSPS) is 10.6. The number of amides is 1. The second kappa shape index (κ2) is 6.33. The van der Waals surface area contributed by atoms with E-state index in [2.05, 4.69) is 15.5 Å². The highest BCUT2D eigenvalue weighted by atomic mass is 35.5. The fourth-order valence-electron chi connectivity index (χ4n) is 1.83. The van der Waals surface area contributed by atoms with Crippen LogP contribution in [0.15, 0.2) is 24.3 Å². The molecule has 0 aliphatic heterocycles. The van der Waals surface area contributed by atoms with E-state index in [1.54, 1.807) is 0 Å². The number of fused-ring (bicyclic) bond motifs is 1. The zero-order valence-corrected chi connectivity index (χ0v) is 11.2. The first-order chi connectivity index (χ1) is 9.18. The molecule has 0 saturated carbocycles. The van der Waals surface area contributed by atoms with E-state index in [1.165, 1.54) is 0 Å². The Morgan fingerprint density at radius 3 is 2.68 bits per heavy atom. The number of nitrogens with two attached hydrogens (primary N) is 1. The lowest BCUT2D eigenvalue weighted by molar-refractivity contribution is -0.118. The average molecular weight is 279 g/mol. The number of carbonyl (C=O) groups excluding carboxylic acids is 1. The molecule has 0 fully saturated rings. The zero-order chi connectivity index (χ0) is 13.7. The minimum Gasteiger partial charge on any atom is -0.370 e. The van der Waals surface area contributed by atoms with Gasteiger partial charge in [0.2, 0.25) is 5.91 Å². The molecule has 5 nitrogen and oxygen atoms in total. The first-order valence-electron chi connectivity index (χ1n) is 6.11. The van der Waals surface area contributed by atoms with Gasteiger partial charge in [-0.25, -0.2) is 0 Å². The lowest BCUT2D eigenvalue weighted by Crippen LogP contribution is -2.11. The SMILES string of the molecule is NC(=O)CCCCNc1nnc(Cl)c2ccccc12. The summed E-state index contributed by atoms with van der Waals surface area (Å²) >= 11 is 5.99. The molecular formula is C13H15ClN4O. The van der Waals surface area contributed by atoms with Crippen LogP contribution in [0.3, 0.4) is 0 Å². The number of carbonyl (C=O) groups is 1. The largest absolute Gasteiger partial charge is 0.370 e. The van der Waals surface area contributed by atoms with Crippen molar-refractivity contribution in [2.24, 2.45) is 5.73 Å². The van der Waals surface area contributed by atoms with Crippen LogP contribution >= 0.6 is 11.6 Å². The second-order valence-electron chi connectivity index (χ2n) is 4.24. The van der Waals surface area contributed by atoms with Crippen LogP contribution < -0.4 is 11.1 Å². The van der Waals surface area contributed by atoms with Crippen LogP contribution in [0.25, 0.3) is 10.8 Å². The van der Waals surface area contributed by atoms with Crippen molar-refractivity contribution in [2.75, 3.05) is 11.9 Å². The van der Waals surface area contributed by atoms with Crippen molar-refractivity contribution in [2.45, 2.75) is 19.3 Å². The molecule has 0 saturated heterocycles. The Bertz CT molecular complexity index is 588. The highest BCUT2D eigenvalue weighted by Crippen LogP contribution is 2.25. The van der Waals surface area contributed by atoms with Crippen molar-refractivity contribution in [3.8, 4) is 0 Å². The van der Waals surface area contributed by atoms with Gasteiger partial charge in [-0.2, -0.15) is 0 Å². The molecule has 2 aromatic rings. The predicted octanol–water partition coefficient (Wildman–Crippen LogP) is 2.35. The molecule has 2 rings (SSSR count). The molecule has 1 amide bonds. The average Bonchev–Trinajstić information content (AvgIpc) is 2.41. The maximum atomic E-state index is 10.6. The summed E-state index contributed by atoms with van der Waals surface area (Å²) in [5.41, 5.74) is 5.08. The summed E-state index contributed by atoms with van der Waals surface area (Å²) in [5, 5.41) is 13.4. The van der Waals surface area contributed by atoms with Crippen LogP contribution in [0.2, 0.25) is 5.15 Å². The van der Waals surface area contributed by atoms with E-state index >= 15 is 0 Å². The number of unbranched alkanes of at least 4 members (excludes halogenated alkanes) is 1. The standard InChI is InChI=1S/C13H15ClN4O/c14-12-9-5-1-2-6-10(9)13(18-17-12)16-8-4-3-7-11(15)19/h1-2,5-6H,3-4,7-8H2,(H2,15,19)(H,16,18). The number of rotatable bonds is 6. The van der Waals surface area contributed by atoms with Crippen LogP contribution in [-0.2, 0) is 4.79 Å². The van der Waals surface area contributed by atoms with Crippen molar-refractivity contribution in [1.82, 2.24) is 10.2 Å². The number of primary amides is 1. The van der Waals surface area contributed by atoms with E-state index in [0.717, 1.165) is 23.6 Å². The zero-order valence-electron chi connectivity index (χ0n) is 10.4. The highest BCUT2D eigenvalue weighted by molar-refractivity contribution is 6.34. The summed E-state index contributed by atoms with van der Waals surface area (Å²) < 4.78 is 0. The summed E-state index contributed by atoms with van der Waals surface area (Å²) in [7, 11) is 0. The van der Waals surface area contributed by atoms with Gasteiger partial charge in [0.1, 0.15) is 0 Å². The predicted molar refractivity (Wildman–Crippen MR) is 76.1 cm³/mol. The van der Waals surface area contributed by atoms with Gasteiger partial charge in [-0.05, 0) is 12.8 Å². The van der Waals surface area contributed by atoms with Crippen molar-refractivity contribution in [3.05, 3.63) is 29.4 Å². The third kappa shape index (κ3) is 3.54. The number of nitrogens with one attached hydrogen (secondary N) is 1. The van der Waals surface area contributed by atoms with Crippen LogP contribution in [0.5, 0.6) is 0 Å². The van der Waals surface area contributed by atoms with Crippen molar-refractivity contribution < 1.29 is 4.79 Å². The Kier molecular flexibility index (Phi) is 4.52. The summed E-state index contributed by atoms with van der Waals surface area (Å²) in [6, 6.07) is 7.69. The van der Waals surface area contributed by atoms with Gasteiger partial charge in [-0.1, -0.05) is 35.9 Å². The third-order valence-electron chi connectivity index (χ3n) is 2.78. The number of nitrogens with zero attached hydrogens (tertiary/aromatic N) is 2. The Morgan fingerprint density at radius 2 is 1.95 bits per heavy atom. The quantitative estimate of drug-likeness (QED) is 0.795. The van der Waals surface area contributed by atoms with E-state index in [-0.39, 0.29) is 5.91 Å². The minimum atomic E-state index is -0.267. The Balaban J connectivity index is 2.01. The summed E-state index contributed by atoms with van der Waals surface area (Å²) in [4.78, 5) is 10.6. The minimum absolute atomic E-state index is 0.267. The molecule has 0 unspecified atom stereocenters. The van der Waals surface area contributed by atoms with E-state index in [1.807, 2.05) is 24.3 Å². The number of anilines is 1. The number of halogens is 1. The van der Waals surface area contributed by atoms with E-state index in [4.69, 9.17) is 17.3 Å². The summed E-state index contributed by atoms with van der Waals surface area (Å²) in [6.45, 7) is 0.716. The van der Waals surface area contributed by atoms with Gasteiger partial charge in [-0.3, -0.25) is 4.79 Å². The van der Waals surface area contributed by atoms with Crippen LogP contribution in [-0.4, -0.2) is 22.6 Å². The monoisotopic (exact) mass is 278 g/mol. The highest BCUT2D eigenvalue weighted by Gasteiger charge is 2.06. The van der Waals surface area contributed by atoms with Crippen LogP contribution in [0.1, 0.15) is 19.3 Å². The lowest BCUT2D eigenvalue weighted by atomic mass is 10.2. The van der Waals surface area contributed by atoms with Gasteiger partial charge < -0.3 is 11.1 Å². The molecule has 3 N–H and O–H groups in total. The summed E-state index contributed by atoms with van der Waals surface area (Å²) in [6.07, 6.45) is 2.03. The molecule has 1 heterocycles. The van der Waals surface area contributed by atoms with E-state index in [0.29, 0.717) is 23.9 Å². The third-order valence-corrected chi connectivity index (χ3v) is 3.06. The number of benzene rings is 1. The van der Waals surface area contributed by atoms with Crippen molar-refractivity contribution in [1.29, 1.82) is 0 Å². The molecule has 1 aromatic carbocycles. The van der Waals surface area contributed by atoms with Gasteiger partial charge in [-0.15, -0.1) is 10.2 Å². The topological polar surface area (TPSA) is 80.9 Å². The van der Waals surface area contributed by atoms with E-state index in [9.17, 15) is 4.79 Å². The number of aromatic nitrogens is 2. The molecule has 1 aromatic heterocycles. The maximum absolute atomic E-state index is 10.6. The fourth-order valence-corrected chi connectivity index (χ4v) is 2.04. The molecule has 0 aliphatic rings. The van der Waals surface area contributed by atoms with Crippen molar-refractivity contribution >= 4 is 34.1 Å². The number of hydrogen-bond acceptors (Lipinski definition) is 4. The van der Waals surface area contributed by atoms with Gasteiger partial charge in [0, 0.05) is 23.7 Å². The smallest absolute Gasteiger partial charge is 0.217 e. The van der Waals surface area contributed by atoms with Gasteiger partial charge >= 0.3 is 0 Å². The molecular weight excluding hydrogens is 264 g/mol. The molecule has 100 valence electrons. The van der Waals surface area contributed by atoms with Crippen LogP contribution in [0, 0.1) is 0 Å². The molecule has 0 bridgehead atoms. The lowest BCUT2D eigenvalue weighted by Gasteiger charge is -2.08. The maximum Gasteiger partial charge on any atom is 0.217 e. The van der Waals surface area contributed by atoms with Crippen molar-refractivity contribution in [3.63, 3.8) is 0 Å².